The first-order chi connectivity index (χ1) is 27.2. The second-order valence-corrected chi connectivity index (χ2v) is 15.1. The summed E-state index contributed by atoms with van der Waals surface area (Å²) in [5.74, 6) is -0.335. The van der Waals surface area contributed by atoms with Crippen molar-refractivity contribution in [1.29, 1.82) is 10.5 Å². The maximum atomic E-state index is 11.6. The van der Waals surface area contributed by atoms with Gasteiger partial charge in [0.2, 0.25) is 0 Å². The van der Waals surface area contributed by atoms with Crippen LogP contribution in [0.4, 0.5) is 0 Å². The molecule has 0 radical (unpaired) electrons. The third-order valence-corrected chi connectivity index (χ3v) is 11.7. The number of hydrogen-bond acceptors (Lipinski definition) is 6. The molecule has 11 heteroatoms. The minimum absolute atomic E-state index is 0.335. The topological polar surface area (TPSA) is 144 Å². The number of hydrogen-bond donors (Lipinski definition) is 1. The fraction of sp³-hybridized carbons (Fsp3) is 0.333. The van der Waals surface area contributed by atoms with Gasteiger partial charge in [0.1, 0.15) is 12.1 Å². The van der Waals surface area contributed by atoms with Crippen LogP contribution in [0.15, 0.2) is 67.5 Å². The maximum absolute atomic E-state index is 11.6. The van der Waals surface area contributed by atoms with Crippen LogP contribution in [0, 0.1) is 43.4 Å². The van der Waals surface area contributed by atoms with Gasteiger partial charge in [0.15, 0.2) is 0 Å². The van der Waals surface area contributed by atoms with Crippen LogP contribution in [0.1, 0.15) is 93.8 Å². The summed E-state index contributed by atoms with van der Waals surface area (Å²) in [4.78, 5) is 24.2. The molecule has 9 heterocycles. The third kappa shape index (κ3) is 7.37. The average Bonchev–Trinajstić information content (AvgIpc) is 3.88. The molecule has 10 nitrogen and oxygen atoms in total. The summed E-state index contributed by atoms with van der Waals surface area (Å²) in [5, 5.41) is 19.2. The Morgan fingerprint density at radius 1 is 0.661 bits per heavy atom. The minimum atomic E-state index is -0.335. The van der Waals surface area contributed by atoms with Crippen molar-refractivity contribution < 1.29 is 4.79 Å². The summed E-state index contributed by atoms with van der Waals surface area (Å²) in [6.45, 7) is 9.09. The largest absolute Gasteiger partial charge is 0.366 e. The van der Waals surface area contributed by atoms with Gasteiger partial charge in [-0.15, -0.1) is 0 Å². The number of fused-ring (bicyclic) bond motifs is 3. The molecule has 1 amide bonds. The zero-order valence-corrected chi connectivity index (χ0v) is 33.0. The highest BCUT2D eigenvalue weighted by Gasteiger charge is 2.26. The van der Waals surface area contributed by atoms with Crippen LogP contribution < -0.4 is 5.73 Å². The predicted octanol–water partition coefficient (Wildman–Crippen LogP) is 9.08. The van der Waals surface area contributed by atoms with Gasteiger partial charge in [-0.25, -0.2) is 0 Å². The number of carbonyl (C=O) groups is 1. The second-order valence-electron chi connectivity index (χ2n) is 14.8. The number of halogens is 1. The Morgan fingerprint density at radius 3 is 1.66 bits per heavy atom. The van der Waals surface area contributed by atoms with Crippen molar-refractivity contribution in [1.82, 2.24) is 28.7 Å². The monoisotopic (exact) mass is 763 g/mol. The van der Waals surface area contributed by atoms with E-state index in [0.29, 0.717) is 16.1 Å². The van der Waals surface area contributed by atoms with Crippen molar-refractivity contribution in [3.63, 3.8) is 0 Å². The highest BCUT2D eigenvalue weighted by atomic mass is 35.5. The standard InChI is InChI=1S/C15H14ClN3.C15H17N3O.C15H15N3/c1-10-5-6-18-9-12(10)15-14(16)11(8-17)13-4-2-3-7-19(13)15;1-10-5-6-17-9-12(10)14-8-11(15(16)19)13-4-2-3-7-18(13)14;1-11-5-6-17-10-13(11)15-8-12(9-16)14-4-2-3-7-18(14)15/h5-6,9H,2-4,7H2,1H3;5-6,8-9H,2-4,7H2,1H3,(H2,16,19);5-6,8,10H,2-4,7H2,1H3. The Hall–Kier alpha value is -5.97. The van der Waals surface area contributed by atoms with Crippen molar-refractivity contribution in [2.24, 2.45) is 5.73 Å². The molecule has 0 aromatic carbocycles. The lowest BCUT2D eigenvalue weighted by molar-refractivity contribution is 0.0999. The Kier molecular flexibility index (Phi) is 11.5. The van der Waals surface area contributed by atoms with Crippen LogP contribution >= 0.6 is 11.6 Å². The lowest BCUT2D eigenvalue weighted by atomic mass is 10.1. The van der Waals surface area contributed by atoms with Gasteiger partial charge < -0.3 is 19.4 Å². The highest BCUT2D eigenvalue weighted by Crippen LogP contribution is 2.39. The van der Waals surface area contributed by atoms with Gasteiger partial charge >= 0.3 is 0 Å². The van der Waals surface area contributed by atoms with E-state index in [1.54, 1.807) is 12.4 Å². The van der Waals surface area contributed by atoms with Crippen LogP contribution in [0.2, 0.25) is 5.02 Å². The van der Waals surface area contributed by atoms with E-state index in [1.807, 2.05) is 62.0 Å². The number of amides is 1. The zero-order valence-electron chi connectivity index (χ0n) is 32.3. The smallest absolute Gasteiger partial charge is 0.250 e. The fourth-order valence-corrected chi connectivity index (χ4v) is 8.72. The van der Waals surface area contributed by atoms with E-state index >= 15 is 0 Å². The van der Waals surface area contributed by atoms with Gasteiger partial charge in [0.25, 0.3) is 5.91 Å². The van der Waals surface area contributed by atoms with Crippen LogP contribution in [-0.4, -0.2) is 34.6 Å². The maximum Gasteiger partial charge on any atom is 0.250 e. The van der Waals surface area contributed by atoms with E-state index in [-0.39, 0.29) is 5.91 Å². The van der Waals surface area contributed by atoms with Gasteiger partial charge in [-0.05, 0) is 126 Å². The lowest BCUT2D eigenvalue weighted by Gasteiger charge is -2.19. The zero-order chi connectivity index (χ0) is 39.3. The molecule has 3 aliphatic rings. The Labute approximate surface area is 333 Å². The van der Waals surface area contributed by atoms with Crippen LogP contribution in [-0.2, 0) is 38.9 Å². The molecule has 0 saturated carbocycles. The molecule has 0 aliphatic carbocycles. The van der Waals surface area contributed by atoms with Gasteiger partial charge in [-0.1, -0.05) is 11.6 Å². The van der Waals surface area contributed by atoms with Crippen molar-refractivity contribution in [3.05, 3.63) is 123 Å². The molecule has 0 saturated heterocycles. The Morgan fingerprint density at radius 2 is 1.14 bits per heavy atom. The molecule has 0 spiro atoms. The molecule has 56 heavy (non-hydrogen) atoms. The van der Waals surface area contributed by atoms with Gasteiger partial charge in [0, 0.05) is 90.6 Å². The van der Waals surface area contributed by atoms with Crippen molar-refractivity contribution in [2.45, 2.75) is 98.2 Å². The predicted molar refractivity (Wildman–Crippen MR) is 219 cm³/mol. The van der Waals surface area contributed by atoms with E-state index < -0.39 is 0 Å². The number of aromatic nitrogens is 6. The fourth-order valence-electron chi connectivity index (χ4n) is 8.36. The molecule has 284 valence electrons. The first-order valence-corrected chi connectivity index (χ1v) is 19.8. The van der Waals surface area contributed by atoms with E-state index in [1.165, 1.54) is 24.1 Å². The summed E-state index contributed by atoms with van der Waals surface area (Å²) in [6.07, 6.45) is 20.7. The van der Waals surface area contributed by atoms with Gasteiger partial charge in [-0.3, -0.25) is 19.7 Å². The van der Waals surface area contributed by atoms with Gasteiger partial charge in [0.05, 0.1) is 38.8 Å². The molecule has 2 N–H and O–H groups in total. The molecular weight excluding hydrogens is 718 g/mol. The molecule has 0 bridgehead atoms. The number of nitriles is 2. The van der Waals surface area contributed by atoms with Crippen molar-refractivity contribution in [2.75, 3.05) is 0 Å². The number of aryl methyl sites for hydroxylation is 3. The summed E-state index contributed by atoms with van der Waals surface area (Å²) >= 11 is 6.46. The molecular formula is C45H46ClN9O. The first kappa shape index (κ1) is 38.3. The van der Waals surface area contributed by atoms with E-state index in [9.17, 15) is 15.3 Å². The van der Waals surface area contributed by atoms with E-state index in [0.717, 1.165) is 126 Å². The Balaban J connectivity index is 0.000000129. The van der Waals surface area contributed by atoms with E-state index in [2.05, 4.69) is 54.6 Å². The normalized spacial score (nSPS) is 14.0. The molecule has 6 aromatic rings. The molecule has 6 aromatic heterocycles. The third-order valence-electron chi connectivity index (χ3n) is 11.3. The molecule has 0 fully saturated rings. The number of nitrogens with two attached hydrogens (primary N) is 1. The molecule has 0 unspecified atom stereocenters. The van der Waals surface area contributed by atoms with Crippen molar-refractivity contribution >= 4 is 17.5 Å². The quantitative estimate of drug-likeness (QED) is 0.190. The van der Waals surface area contributed by atoms with Crippen molar-refractivity contribution in [3.8, 4) is 45.9 Å². The van der Waals surface area contributed by atoms with E-state index in [4.69, 9.17) is 17.3 Å². The molecule has 0 atom stereocenters. The SMILES string of the molecule is Cc1ccncc1-c1c(Cl)c(C#N)c2n1CCCC2.Cc1ccncc1-c1cc(C#N)c2n1CCCC2.Cc1ccncc1-c1cc(C(N)=O)c2n1CCCC2. The summed E-state index contributed by atoms with van der Waals surface area (Å²) in [5.41, 5.74) is 20.9. The minimum Gasteiger partial charge on any atom is -0.366 e. The number of carbonyl (C=O) groups excluding carboxylic acids is 1. The highest BCUT2D eigenvalue weighted by molar-refractivity contribution is 6.34. The number of rotatable bonds is 4. The molecule has 3 aliphatic heterocycles. The number of pyridine rings is 3. The molecule has 9 rings (SSSR count). The van der Waals surface area contributed by atoms with Crippen LogP contribution in [0.5, 0.6) is 0 Å². The lowest BCUT2D eigenvalue weighted by Crippen LogP contribution is -2.17. The average molecular weight is 764 g/mol. The van der Waals surface area contributed by atoms with Crippen LogP contribution in [0.3, 0.4) is 0 Å². The number of primary amides is 1. The summed E-state index contributed by atoms with van der Waals surface area (Å²) in [6, 6.07) is 14.5. The first-order valence-electron chi connectivity index (χ1n) is 19.4. The summed E-state index contributed by atoms with van der Waals surface area (Å²) < 4.78 is 6.73. The van der Waals surface area contributed by atoms with Gasteiger partial charge in [-0.2, -0.15) is 10.5 Å². The summed E-state index contributed by atoms with van der Waals surface area (Å²) in [7, 11) is 0. The Bertz CT molecular complexity index is 2510. The number of nitrogens with zero attached hydrogens (tertiary/aromatic N) is 8. The second kappa shape index (κ2) is 16.8. The van der Waals surface area contributed by atoms with Crippen LogP contribution in [0.25, 0.3) is 33.8 Å².